The van der Waals surface area contributed by atoms with Gasteiger partial charge < -0.3 is 19.6 Å². The van der Waals surface area contributed by atoms with Gasteiger partial charge in [-0.2, -0.15) is 0 Å². The highest BCUT2D eigenvalue weighted by atomic mass is 19.4. The summed E-state index contributed by atoms with van der Waals surface area (Å²) in [6.45, 7) is 2.82. The number of para-hydroxylation sites is 1. The van der Waals surface area contributed by atoms with Gasteiger partial charge in [0.05, 0.1) is 18.3 Å². The lowest BCUT2D eigenvalue weighted by molar-refractivity contribution is -0.274. The Morgan fingerprint density at radius 2 is 1.88 bits per heavy atom. The number of halogens is 3. The summed E-state index contributed by atoms with van der Waals surface area (Å²) in [5.74, 6) is 0.570. The lowest BCUT2D eigenvalue weighted by Crippen LogP contribution is -2.32. The van der Waals surface area contributed by atoms with Crippen molar-refractivity contribution in [2.24, 2.45) is 0 Å². The summed E-state index contributed by atoms with van der Waals surface area (Å²) in [7, 11) is 0. The minimum absolute atomic E-state index is 0.0301. The molecule has 9 heteroatoms. The maximum atomic E-state index is 12.8. The highest BCUT2D eigenvalue weighted by Crippen LogP contribution is 2.28. The number of pyridine rings is 1. The van der Waals surface area contributed by atoms with E-state index in [9.17, 15) is 18.0 Å². The van der Waals surface area contributed by atoms with Crippen LogP contribution in [0.4, 0.5) is 13.2 Å². The standard InChI is InChI=1S/C23H19F3N4O2/c1-13-21(29-17-5-3-2-4-16(17)22(13)31)19-12-30-11-18(27-10-20(30)28-19)14-6-8-15(9-7-14)32-23(24,25)26/h2-9,12,18,27H,10-11H2,1H3,(H,29,31). The van der Waals surface area contributed by atoms with Crippen LogP contribution in [0.15, 0.2) is 59.5 Å². The summed E-state index contributed by atoms with van der Waals surface area (Å²) >= 11 is 0. The van der Waals surface area contributed by atoms with Gasteiger partial charge in [-0.15, -0.1) is 13.2 Å². The Labute approximate surface area is 180 Å². The predicted octanol–water partition coefficient (Wildman–Crippen LogP) is 4.44. The van der Waals surface area contributed by atoms with Crippen LogP contribution in [0.2, 0.25) is 0 Å². The molecule has 0 bridgehead atoms. The Morgan fingerprint density at radius 1 is 1.12 bits per heavy atom. The van der Waals surface area contributed by atoms with Crippen molar-refractivity contribution in [3.63, 3.8) is 0 Å². The molecule has 164 valence electrons. The lowest BCUT2D eigenvalue weighted by atomic mass is 10.1. The average Bonchev–Trinajstić information content (AvgIpc) is 3.19. The predicted molar refractivity (Wildman–Crippen MR) is 113 cm³/mol. The molecule has 6 nitrogen and oxygen atoms in total. The van der Waals surface area contributed by atoms with E-state index in [1.54, 1.807) is 25.1 Å². The average molecular weight is 440 g/mol. The van der Waals surface area contributed by atoms with Gasteiger partial charge in [0, 0.05) is 29.2 Å². The van der Waals surface area contributed by atoms with Gasteiger partial charge in [-0.1, -0.05) is 24.3 Å². The number of nitrogens with one attached hydrogen (secondary N) is 2. The summed E-state index contributed by atoms with van der Waals surface area (Å²) < 4.78 is 43.1. The highest BCUT2D eigenvalue weighted by Gasteiger charge is 2.31. The number of fused-ring (bicyclic) bond motifs is 2. The van der Waals surface area contributed by atoms with Crippen LogP contribution in [0.3, 0.4) is 0 Å². The maximum absolute atomic E-state index is 12.8. The van der Waals surface area contributed by atoms with Crippen LogP contribution in [0.25, 0.3) is 22.3 Å². The van der Waals surface area contributed by atoms with Crippen molar-refractivity contribution < 1.29 is 17.9 Å². The summed E-state index contributed by atoms with van der Waals surface area (Å²) in [6.07, 6.45) is -2.81. The second kappa shape index (κ2) is 7.52. The van der Waals surface area contributed by atoms with E-state index in [1.165, 1.54) is 12.1 Å². The summed E-state index contributed by atoms with van der Waals surface area (Å²) in [5, 5.41) is 4.00. The van der Waals surface area contributed by atoms with Gasteiger partial charge in [0.2, 0.25) is 0 Å². The number of hydrogen-bond donors (Lipinski definition) is 2. The number of nitrogens with zero attached hydrogens (tertiary/aromatic N) is 2. The van der Waals surface area contributed by atoms with Gasteiger partial charge in [-0.3, -0.25) is 4.79 Å². The number of imidazole rings is 1. The first kappa shape index (κ1) is 20.3. The normalized spacial score (nSPS) is 16.2. The van der Waals surface area contributed by atoms with E-state index in [1.807, 2.05) is 29.0 Å². The second-order valence-electron chi connectivity index (χ2n) is 7.74. The van der Waals surface area contributed by atoms with Crippen LogP contribution in [-0.4, -0.2) is 20.9 Å². The minimum Gasteiger partial charge on any atom is -0.406 e. The topological polar surface area (TPSA) is 71.9 Å². The number of H-pyrrole nitrogens is 1. The first-order valence-electron chi connectivity index (χ1n) is 10.1. The fourth-order valence-corrected chi connectivity index (χ4v) is 4.06. The smallest absolute Gasteiger partial charge is 0.406 e. The molecular weight excluding hydrogens is 421 g/mol. The third-order valence-corrected chi connectivity index (χ3v) is 5.66. The van der Waals surface area contributed by atoms with Crippen molar-refractivity contribution in [2.45, 2.75) is 32.4 Å². The summed E-state index contributed by atoms with van der Waals surface area (Å²) in [4.78, 5) is 20.8. The molecule has 2 aromatic heterocycles. The molecule has 1 aliphatic heterocycles. The molecule has 5 rings (SSSR count). The molecule has 0 fully saturated rings. The van der Waals surface area contributed by atoms with Gasteiger partial charge in [0.1, 0.15) is 17.3 Å². The van der Waals surface area contributed by atoms with Crippen LogP contribution in [-0.2, 0) is 13.1 Å². The van der Waals surface area contributed by atoms with Gasteiger partial charge in [0.25, 0.3) is 0 Å². The van der Waals surface area contributed by atoms with Crippen molar-refractivity contribution in [1.29, 1.82) is 0 Å². The third kappa shape index (κ3) is 3.75. The number of aromatic nitrogens is 3. The third-order valence-electron chi connectivity index (χ3n) is 5.66. The fraction of sp³-hybridized carbons (Fsp3) is 0.217. The maximum Gasteiger partial charge on any atom is 0.573 e. The Bertz CT molecular complexity index is 1360. The van der Waals surface area contributed by atoms with Gasteiger partial charge >= 0.3 is 6.36 Å². The molecule has 1 atom stereocenters. The zero-order valence-corrected chi connectivity index (χ0v) is 17.0. The Morgan fingerprint density at radius 3 is 2.62 bits per heavy atom. The molecule has 0 saturated carbocycles. The summed E-state index contributed by atoms with van der Waals surface area (Å²) in [6, 6.07) is 13.1. The van der Waals surface area contributed by atoms with Crippen molar-refractivity contribution in [3.05, 3.63) is 81.9 Å². The molecule has 0 spiro atoms. The van der Waals surface area contributed by atoms with Crippen molar-refractivity contribution in [2.75, 3.05) is 0 Å². The minimum atomic E-state index is -4.71. The van der Waals surface area contributed by atoms with Gasteiger partial charge in [-0.05, 0) is 36.8 Å². The first-order valence-corrected chi connectivity index (χ1v) is 10.1. The molecule has 0 aliphatic carbocycles. The van der Waals surface area contributed by atoms with Crippen LogP contribution < -0.4 is 15.5 Å². The lowest BCUT2D eigenvalue weighted by Gasteiger charge is -2.25. The molecule has 2 aromatic carbocycles. The first-order chi connectivity index (χ1) is 15.3. The van der Waals surface area contributed by atoms with E-state index < -0.39 is 6.36 Å². The molecule has 1 unspecified atom stereocenters. The zero-order chi connectivity index (χ0) is 22.5. The Balaban J connectivity index is 1.42. The van der Waals surface area contributed by atoms with Gasteiger partial charge in [0.15, 0.2) is 5.43 Å². The van der Waals surface area contributed by atoms with Crippen molar-refractivity contribution in [1.82, 2.24) is 19.9 Å². The van der Waals surface area contributed by atoms with Crippen LogP contribution in [0.5, 0.6) is 5.75 Å². The molecule has 1 aliphatic rings. The number of rotatable bonds is 3. The molecule has 0 amide bonds. The number of benzene rings is 2. The quantitative estimate of drug-likeness (QED) is 0.494. The molecule has 32 heavy (non-hydrogen) atoms. The molecule has 3 heterocycles. The van der Waals surface area contributed by atoms with Crippen LogP contribution in [0, 0.1) is 6.92 Å². The monoisotopic (exact) mass is 440 g/mol. The van der Waals surface area contributed by atoms with Crippen LogP contribution >= 0.6 is 0 Å². The van der Waals surface area contributed by atoms with E-state index in [2.05, 4.69) is 15.0 Å². The number of aromatic amines is 1. The number of ether oxygens (including phenoxy) is 1. The van der Waals surface area contributed by atoms with Gasteiger partial charge in [-0.25, -0.2) is 4.98 Å². The second-order valence-corrected chi connectivity index (χ2v) is 7.74. The fourth-order valence-electron chi connectivity index (χ4n) is 4.06. The molecule has 4 aromatic rings. The molecule has 0 radical (unpaired) electrons. The summed E-state index contributed by atoms with van der Waals surface area (Å²) in [5.41, 5.74) is 3.52. The van der Waals surface area contributed by atoms with E-state index in [4.69, 9.17) is 4.98 Å². The molecule has 0 saturated heterocycles. The molecular formula is C23H19F3N4O2. The SMILES string of the molecule is Cc1c(-c2cn3c(n2)CNC(c2ccc(OC(F)(F)F)cc2)C3)[nH]c2ccccc2c1=O. The van der Waals surface area contributed by atoms with Crippen LogP contribution in [0.1, 0.15) is 23.0 Å². The van der Waals surface area contributed by atoms with E-state index in [0.29, 0.717) is 35.4 Å². The van der Waals surface area contributed by atoms with E-state index >= 15 is 0 Å². The van der Waals surface area contributed by atoms with Crippen molar-refractivity contribution in [3.8, 4) is 17.1 Å². The largest absolute Gasteiger partial charge is 0.573 e. The number of alkyl halides is 3. The van der Waals surface area contributed by atoms with E-state index in [-0.39, 0.29) is 17.2 Å². The molecule has 2 N–H and O–H groups in total. The number of hydrogen-bond acceptors (Lipinski definition) is 4. The van der Waals surface area contributed by atoms with E-state index in [0.717, 1.165) is 16.9 Å². The highest BCUT2D eigenvalue weighted by molar-refractivity contribution is 5.82. The Kier molecular flexibility index (Phi) is 4.78. The zero-order valence-electron chi connectivity index (χ0n) is 17.0. The Hall–Kier alpha value is -3.59. The van der Waals surface area contributed by atoms with Crippen molar-refractivity contribution >= 4 is 10.9 Å².